The number of halogens is 3. The number of hydrogen-bond acceptors (Lipinski definition) is 3. The van der Waals surface area contributed by atoms with Crippen LogP contribution in [0.1, 0.15) is 5.56 Å². The predicted molar refractivity (Wildman–Crippen MR) is 65.8 cm³/mol. The molecule has 0 bridgehead atoms. The van der Waals surface area contributed by atoms with Crippen molar-refractivity contribution < 1.29 is 9.13 Å². The largest absolute Gasteiger partial charge is 0.421 e. The molecule has 0 spiro atoms. The van der Waals surface area contributed by atoms with Crippen LogP contribution < -0.4 is 4.74 Å². The Morgan fingerprint density at radius 2 is 2.00 bits per heavy atom. The van der Waals surface area contributed by atoms with Crippen LogP contribution in [0.2, 0.25) is 0 Å². The Balaban J connectivity index is 2.22. The lowest BCUT2D eigenvalue weighted by Crippen LogP contribution is -1.94. The molecular formula is C11H7BrClFN2O. The quantitative estimate of drug-likeness (QED) is 0.805. The maximum atomic E-state index is 13.4. The highest BCUT2D eigenvalue weighted by atomic mass is 79.9. The van der Waals surface area contributed by atoms with Gasteiger partial charge in [-0.05, 0) is 18.2 Å². The van der Waals surface area contributed by atoms with Crippen molar-refractivity contribution in [2.24, 2.45) is 0 Å². The maximum absolute atomic E-state index is 13.4. The molecule has 0 fully saturated rings. The lowest BCUT2D eigenvalue weighted by Gasteiger charge is -2.05. The number of aromatic nitrogens is 2. The van der Waals surface area contributed by atoms with E-state index in [0.29, 0.717) is 10.4 Å². The fourth-order valence-corrected chi connectivity index (χ4v) is 1.60. The molecule has 6 heteroatoms. The van der Waals surface area contributed by atoms with E-state index in [-0.39, 0.29) is 11.8 Å². The van der Waals surface area contributed by atoms with E-state index in [1.807, 2.05) is 0 Å². The van der Waals surface area contributed by atoms with Crippen molar-refractivity contribution in [3.05, 3.63) is 46.4 Å². The number of rotatable bonds is 3. The zero-order valence-electron chi connectivity index (χ0n) is 8.53. The molecule has 0 amide bonds. The molecule has 0 atom stereocenters. The predicted octanol–water partition coefficient (Wildman–Crippen LogP) is 3.91. The van der Waals surface area contributed by atoms with Gasteiger partial charge in [0.1, 0.15) is 0 Å². The molecule has 0 saturated heterocycles. The highest BCUT2D eigenvalue weighted by Crippen LogP contribution is 2.25. The molecule has 0 radical (unpaired) electrons. The molecule has 88 valence electrons. The summed E-state index contributed by atoms with van der Waals surface area (Å²) in [5.41, 5.74) is 0.772. The highest BCUT2D eigenvalue weighted by Gasteiger charge is 2.07. The molecule has 2 rings (SSSR count). The minimum atomic E-state index is -0.474. The monoisotopic (exact) mass is 316 g/mol. The molecule has 0 aliphatic heterocycles. The SMILES string of the molecule is Fc1ccc(Br)cc1Oc1ncc(CCl)cn1. The second kappa shape index (κ2) is 5.42. The van der Waals surface area contributed by atoms with Gasteiger partial charge in [-0.1, -0.05) is 15.9 Å². The van der Waals surface area contributed by atoms with Gasteiger partial charge in [-0.15, -0.1) is 11.6 Å². The van der Waals surface area contributed by atoms with Crippen molar-refractivity contribution in [1.29, 1.82) is 0 Å². The van der Waals surface area contributed by atoms with E-state index < -0.39 is 5.82 Å². The standard InChI is InChI=1S/C11H7BrClFN2O/c12-8-1-2-9(14)10(3-8)17-11-15-5-7(4-13)6-16-11/h1-3,5-6H,4H2. The minimum Gasteiger partial charge on any atom is -0.421 e. The Morgan fingerprint density at radius 3 is 2.65 bits per heavy atom. The van der Waals surface area contributed by atoms with Crippen molar-refractivity contribution in [3.8, 4) is 11.8 Å². The Bertz CT molecular complexity index is 521. The Hall–Kier alpha value is -1.20. The summed E-state index contributed by atoms with van der Waals surface area (Å²) in [6.45, 7) is 0. The number of nitrogens with zero attached hydrogens (tertiary/aromatic N) is 2. The zero-order valence-corrected chi connectivity index (χ0v) is 10.9. The van der Waals surface area contributed by atoms with Gasteiger partial charge in [-0.2, -0.15) is 0 Å². The van der Waals surface area contributed by atoms with E-state index in [9.17, 15) is 4.39 Å². The lowest BCUT2D eigenvalue weighted by atomic mass is 10.3. The Labute approximate surface area is 111 Å². The van der Waals surface area contributed by atoms with Crippen LogP contribution in [0.25, 0.3) is 0 Å². The second-order valence-electron chi connectivity index (χ2n) is 3.18. The topological polar surface area (TPSA) is 35.0 Å². The average Bonchev–Trinajstić information content (AvgIpc) is 2.35. The fraction of sp³-hybridized carbons (Fsp3) is 0.0909. The molecule has 3 nitrogen and oxygen atoms in total. The molecule has 1 aromatic carbocycles. The second-order valence-corrected chi connectivity index (χ2v) is 4.37. The lowest BCUT2D eigenvalue weighted by molar-refractivity contribution is 0.410. The van der Waals surface area contributed by atoms with Gasteiger partial charge in [0.2, 0.25) is 0 Å². The van der Waals surface area contributed by atoms with Crippen molar-refractivity contribution in [1.82, 2.24) is 9.97 Å². The number of benzene rings is 1. The van der Waals surface area contributed by atoms with Crippen molar-refractivity contribution in [2.75, 3.05) is 0 Å². The first-order valence-corrected chi connectivity index (χ1v) is 6.01. The summed E-state index contributed by atoms with van der Waals surface area (Å²) < 4.78 is 19.3. The van der Waals surface area contributed by atoms with Crippen LogP contribution in [0.15, 0.2) is 35.1 Å². The third-order valence-electron chi connectivity index (χ3n) is 1.93. The highest BCUT2D eigenvalue weighted by molar-refractivity contribution is 9.10. The van der Waals surface area contributed by atoms with E-state index in [4.69, 9.17) is 16.3 Å². The summed E-state index contributed by atoms with van der Waals surface area (Å²) in [7, 11) is 0. The first-order valence-electron chi connectivity index (χ1n) is 4.69. The number of ether oxygens (including phenoxy) is 1. The van der Waals surface area contributed by atoms with Crippen molar-refractivity contribution in [2.45, 2.75) is 5.88 Å². The van der Waals surface area contributed by atoms with Gasteiger partial charge in [-0.25, -0.2) is 14.4 Å². The first-order chi connectivity index (χ1) is 8.19. The Kier molecular flexibility index (Phi) is 3.91. The third kappa shape index (κ3) is 3.14. The molecule has 0 saturated carbocycles. The smallest absolute Gasteiger partial charge is 0.321 e. The van der Waals surface area contributed by atoms with Gasteiger partial charge >= 0.3 is 6.01 Å². The summed E-state index contributed by atoms with van der Waals surface area (Å²) in [5, 5.41) is 0. The summed E-state index contributed by atoms with van der Waals surface area (Å²) in [6.07, 6.45) is 3.07. The van der Waals surface area contributed by atoms with Gasteiger partial charge in [-0.3, -0.25) is 0 Å². The van der Waals surface area contributed by atoms with Crippen LogP contribution >= 0.6 is 27.5 Å². The Morgan fingerprint density at radius 1 is 1.29 bits per heavy atom. The molecule has 0 aliphatic rings. The van der Waals surface area contributed by atoms with E-state index in [2.05, 4.69) is 25.9 Å². The maximum Gasteiger partial charge on any atom is 0.321 e. The summed E-state index contributed by atoms with van der Waals surface area (Å²) in [6, 6.07) is 4.47. The minimum absolute atomic E-state index is 0.0676. The molecular weight excluding hydrogens is 310 g/mol. The van der Waals surface area contributed by atoms with Gasteiger partial charge in [0.05, 0.1) is 5.88 Å². The van der Waals surface area contributed by atoms with Gasteiger partial charge in [0, 0.05) is 22.4 Å². The zero-order chi connectivity index (χ0) is 12.3. The van der Waals surface area contributed by atoms with Gasteiger partial charge < -0.3 is 4.74 Å². The molecule has 1 aromatic heterocycles. The molecule has 1 heterocycles. The summed E-state index contributed by atoms with van der Waals surface area (Å²) in [4.78, 5) is 7.83. The van der Waals surface area contributed by atoms with Crippen LogP contribution in [0.3, 0.4) is 0 Å². The number of alkyl halides is 1. The third-order valence-corrected chi connectivity index (χ3v) is 2.73. The normalized spacial score (nSPS) is 10.3. The van der Waals surface area contributed by atoms with E-state index in [1.165, 1.54) is 24.5 Å². The van der Waals surface area contributed by atoms with Crippen LogP contribution in [0, 0.1) is 5.82 Å². The van der Waals surface area contributed by atoms with Crippen molar-refractivity contribution >= 4 is 27.5 Å². The van der Waals surface area contributed by atoms with E-state index in [1.54, 1.807) is 6.07 Å². The van der Waals surface area contributed by atoms with Crippen LogP contribution in [0.5, 0.6) is 11.8 Å². The molecule has 0 aliphatic carbocycles. The fourth-order valence-electron chi connectivity index (χ4n) is 1.12. The van der Waals surface area contributed by atoms with Crippen LogP contribution in [-0.4, -0.2) is 9.97 Å². The molecule has 2 aromatic rings. The molecule has 0 unspecified atom stereocenters. The summed E-state index contributed by atoms with van der Waals surface area (Å²) in [5.74, 6) is -0.0814. The first kappa shape index (κ1) is 12.3. The molecule has 17 heavy (non-hydrogen) atoms. The van der Waals surface area contributed by atoms with Crippen molar-refractivity contribution in [3.63, 3.8) is 0 Å². The summed E-state index contributed by atoms with van der Waals surface area (Å²) >= 11 is 8.83. The van der Waals surface area contributed by atoms with E-state index in [0.717, 1.165) is 5.56 Å². The van der Waals surface area contributed by atoms with Crippen LogP contribution in [-0.2, 0) is 5.88 Å². The molecule has 0 N–H and O–H groups in total. The van der Waals surface area contributed by atoms with Crippen LogP contribution in [0.4, 0.5) is 4.39 Å². The van der Waals surface area contributed by atoms with Gasteiger partial charge in [0.25, 0.3) is 0 Å². The number of hydrogen-bond donors (Lipinski definition) is 0. The van der Waals surface area contributed by atoms with E-state index >= 15 is 0 Å². The average molecular weight is 318 g/mol. The van der Waals surface area contributed by atoms with Gasteiger partial charge in [0.15, 0.2) is 11.6 Å².